The Hall–Kier alpha value is -2.04. The number of rotatable bonds is 3. The molecule has 0 saturated heterocycles. The molecule has 0 atom stereocenters. The van der Waals surface area contributed by atoms with Crippen molar-refractivity contribution in [1.82, 2.24) is 14.8 Å². The van der Waals surface area contributed by atoms with Gasteiger partial charge in [0, 0.05) is 19.4 Å². The van der Waals surface area contributed by atoms with Crippen LogP contribution in [0.4, 0.5) is 11.5 Å². The molecule has 2 rings (SSSR count). The lowest BCUT2D eigenvalue weighted by Crippen LogP contribution is -2.08. The van der Waals surface area contributed by atoms with Gasteiger partial charge in [-0.3, -0.25) is 4.68 Å². The molecule has 2 heterocycles. The van der Waals surface area contributed by atoms with E-state index in [9.17, 15) is 0 Å². The van der Waals surface area contributed by atoms with E-state index < -0.39 is 0 Å². The van der Waals surface area contributed by atoms with Crippen LogP contribution in [0.2, 0.25) is 0 Å². The number of anilines is 2. The van der Waals surface area contributed by atoms with Crippen LogP contribution in [0.5, 0.6) is 0 Å². The van der Waals surface area contributed by atoms with Gasteiger partial charge in [-0.15, -0.1) is 0 Å². The summed E-state index contributed by atoms with van der Waals surface area (Å²) in [5.41, 5.74) is 8.66. The molecule has 0 aliphatic rings. The lowest BCUT2D eigenvalue weighted by molar-refractivity contribution is 0.720. The first-order chi connectivity index (χ1) is 7.66. The lowest BCUT2D eigenvalue weighted by Gasteiger charge is -2.08. The van der Waals surface area contributed by atoms with Crippen LogP contribution in [0.15, 0.2) is 24.5 Å². The number of nitrogens with one attached hydrogen (secondary N) is 1. The summed E-state index contributed by atoms with van der Waals surface area (Å²) < 4.78 is 1.82. The summed E-state index contributed by atoms with van der Waals surface area (Å²) in [5, 5.41) is 7.28. The molecule has 3 N–H and O–H groups in total. The Bertz CT molecular complexity index is 489. The molecule has 0 spiro atoms. The lowest BCUT2D eigenvalue weighted by atomic mass is 10.3. The molecule has 5 heteroatoms. The third-order valence-corrected chi connectivity index (χ3v) is 2.41. The van der Waals surface area contributed by atoms with Crippen molar-refractivity contribution >= 4 is 11.5 Å². The first-order valence-corrected chi connectivity index (χ1v) is 5.09. The first kappa shape index (κ1) is 10.5. The highest BCUT2D eigenvalue weighted by Gasteiger charge is 2.02. The number of aromatic nitrogens is 3. The van der Waals surface area contributed by atoms with Crippen LogP contribution in [0.1, 0.15) is 11.3 Å². The van der Waals surface area contributed by atoms with Gasteiger partial charge in [0.1, 0.15) is 5.82 Å². The Balaban J connectivity index is 2.08. The van der Waals surface area contributed by atoms with Gasteiger partial charge >= 0.3 is 0 Å². The summed E-state index contributed by atoms with van der Waals surface area (Å²) >= 11 is 0. The van der Waals surface area contributed by atoms with E-state index in [1.807, 2.05) is 30.8 Å². The fourth-order valence-electron chi connectivity index (χ4n) is 1.49. The molecule has 0 radical (unpaired) electrons. The van der Waals surface area contributed by atoms with Gasteiger partial charge in [0.15, 0.2) is 0 Å². The van der Waals surface area contributed by atoms with Gasteiger partial charge in [-0.05, 0) is 24.6 Å². The largest absolute Gasteiger partial charge is 0.396 e. The summed E-state index contributed by atoms with van der Waals surface area (Å²) in [6.07, 6.45) is 3.56. The maximum absolute atomic E-state index is 5.85. The molecule has 0 aliphatic heterocycles. The van der Waals surface area contributed by atoms with Crippen molar-refractivity contribution in [3.8, 4) is 0 Å². The zero-order valence-corrected chi connectivity index (χ0v) is 9.44. The fourth-order valence-corrected chi connectivity index (χ4v) is 1.49. The van der Waals surface area contributed by atoms with Crippen molar-refractivity contribution in [3.05, 3.63) is 35.8 Å². The van der Waals surface area contributed by atoms with E-state index in [-0.39, 0.29) is 0 Å². The maximum Gasteiger partial charge on any atom is 0.149 e. The topological polar surface area (TPSA) is 68.8 Å². The van der Waals surface area contributed by atoms with Crippen LogP contribution in [0, 0.1) is 6.92 Å². The Kier molecular flexibility index (Phi) is 2.76. The van der Waals surface area contributed by atoms with E-state index in [4.69, 9.17) is 5.73 Å². The van der Waals surface area contributed by atoms with Gasteiger partial charge in [-0.1, -0.05) is 0 Å². The van der Waals surface area contributed by atoms with Crippen LogP contribution in [-0.4, -0.2) is 14.8 Å². The van der Waals surface area contributed by atoms with E-state index in [1.165, 1.54) is 0 Å². The molecule has 0 amide bonds. The van der Waals surface area contributed by atoms with E-state index in [2.05, 4.69) is 15.4 Å². The Morgan fingerprint density at radius 2 is 2.31 bits per heavy atom. The minimum Gasteiger partial charge on any atom is -0.396 e. The van der Waals surface area contributed by atoms with Crippen molar-refractivity contribution in [1.29, 1.82) is 0 Å². The summed E-state index contributed by atoms with van der Waals surface area (Å²) in [6.45, 7) is 2.63. The van der Waals surface area contributed by atoms with Crippen molar-refractivity contribution < 1.29 is 0 Å². The average Bonchev–Trinajstić information content (AvgIpc) is 2.63. The van der Waals surface area contributed by atoms with E-state index in [0.29, 0.717) is 18.1 Å². The molecule has 16 heavy (non-hydrogen) atoms. The standard InChI is InChI=1S/C11H15N5/c1-8-5-10(12)11(13-6-8)14-7-9-3-4-15-16(9)2/h3-6H,7,12H2,1-2H3,(H,13,14). The van der Waals surface area contributed by atoms with Crippen molar-refractivity contribution in [3.63, 3.8) is 0 Å². The molecule has 0 bridgehead atoms. The SMILES string of the molecule is Cc1cnc(NCc2ccnn2C)c(N)c1. The number of aryl methyl sites for hydroxylation is 2. The molecule has 5 nitrogen and oxygen atoms in total. The first-order valence-electron chi connectivity index (χ1n) is 5.09. The molecule has 0 fully saturated rings. The van der Waals surface area contributed by atoms with Crippen LogP contribution >= 0.6 is 0 Å². The maximum atomic E-state index is 5.85. The van der Waals surface area contributed by atoms with Crippen LogP contribution < -0.4 is 11.1 Å². The molecular weight excluding hydrogens is 202 g/mol. The predicted molar refractivity (Wildman–Crippen MR) is 63.9 cm³/mol. The molecule has 0 aromatic carbocycles. The fraction of sp³-hybridized carbons (Fsp3) is 0.273. The molecule has 0 saturated carbocycles. The van der Waals surface area contributed by atoms with Gasteiger partial charge in [0.25, 0.3) is 0 Å². The Morgan fingerprint density at radius 3 is 2.94 bits per heavy atom. The smallest absolute Gasteiger partial charge is 0.149 e. The van der Waals surface area contributed by atoms with Crippen molar-refractivity contribution in [2.24, 2.45) is 7.05 Å². The highest BCUT2D eigenvalue weighted by molar-refractivity contribution is 5.61. The molecule has 2 aromatic heterocycles. The van der Waals surface area contributed by atoms with Crippen LogP contribution in [-0.2, 0) is 13.6 Å². The second-order valence-corrected chi connectivity index (χ2v) is 3.75. The van der Waals surface area contributed by atoms with Gasteiger partial charge in [0.2, 0.25) is 0 Å². The second-order valence-electron chi connectivity index (χ2n) is 3.75. The quantitative estimate of drug-likeness (QED) is 0.813. The highest BCUT2D eigenvalue weighted by atomic mass is 15.3. The molecule has 0 aliphatic carbocycles. The molecule has 0 unspecified atom stereocenters. The van der Waals surface area contributed by atoms with Crippen molar-refractivity contribution in [2.75, 3.05) is 11.1 Å². The summed E-state index contributed by atoms with van der Waals surface area (Å²) in [5.74, 6) is 0.715. The number of nitrogens with two attached hydrogens (primary N) is 1. The van der Waals surface area contributed by atoms with Gasteiger partial charge in [0.05, 0.1) is 17.9 Å². The Morgan fingerprint density at radius 1 is 1.50 bits per heavy atom. The monoisotopic (exact) mass is 217 g/mol. The van der Waals surface area contributed by atoms with Crippen LogP contribution in [0.25, 0.3) is 0 Å². The van der Waals surface area contributed by atoms with Gasteiger partial charge < -0.3 is 11.1 Å². The average molecular weight is 217 g/mol. The minimum absolute atomic E-state index is 0.663. The molecular formula is C11H15N5. The van der Waals surface area contributed by atoms with Crippen LogP contribution in [0.3, 0.4) is 0 Å². The van der Waals surface area contributed by atoms with E-state index >= 15 is 0 Å². The summed E-state index contributed by atoms with van der Waals surface area (Å²) in [7, 11) is 1.91. The molecule has 84 valence electrons. The third kappa shape index (κ3) is 2.13. The third-order valence-electron chi connectivity index (χ3n) is 2.41. The van der Waals surface area contributed by atoms with Crippen molar-refractivity contribution in [2.45, 2.75) is 13.5 Å². The number of nitrogen functional groups attached to an aromatic ring is 1. The zero-order valence-electron chi connectivity index (χ0n) is 9.44. The van der Waals surface area contributed by atoms with Gasteiger partial charge in [-0.2, -0.15) is 5.10 Å². The second kappa shape index (κ2) is 4.22. The zero-order chi connectivity index (χ0) is 11.5. The normalized spacial score (nSPS) is 10.4. The molecule has 2 aromatic rings. The number of hydrogen-bond donors (Lipinski definition) is 2. The highest BCUT2D eigenvalue weighted by Crippen LogP contribution is 2.16. The van der Waals surface area contributed by atoms with E-state index in [1.54, 1.807) is 12.4 Å². The Labute approximate surface area is 94.3 Å². The van der Waals surface area contributed by atoms with Gasteiger partial charge in [-0.25, -0.2) is 4.98 Å². The number of nitrogens with zero attached hydrogens (tertiary/aromatic N) is 3. The summed E-state index contributed by atoms with van der Waals surface area (Å²) in [6, 6.07) is 3.86. The predicted octanol–water partition coefficient (Wildman–Crippen LogP) is 1.32. The van der Waals surface area contributed by atoms with E-state index in [0.717, 1.165) is 11.3 Å². The minimum atomic E-state index is 0.663. The summed E-state index contributed by atoms with van der Waals surface area (Å²) in [4.78, 5) is 4.24. The number of hydrogen-bond acceptors (Lipinski definition) is 4. The number of pyridine rings is 1.